The van der Waals surface area contributed by atoms with Gasteiger partial charge in [-0.1, -0.05) is 30.3 Å². The van der Waals surface area contributed by atoms with Crippen molar-refractivity contribution in [3.8, 4) is 0 Å². The molecule has 2 N–H and O–H groups in total. The van der Waals surface area contributed by atoms with Crippen LogP contribution in [0.2, 0.25) is 0 Å². The van der Waals surface area contributed by atoms with Crippen LogP contribution in [0.15, 0.2) is 30.3 Å². The van der Waals surface area contributed by atoms with E-state index in [2.05, 4.69) is 17.0 Å². The molecule has 4 heteroatoms. The van der Waals surface area contributed by atoms with Gasteiger partial charge in [0.05, 0.1) is 12.0 Å². The van der Waals surface area contributed by atoms with Gasteiger partial charge in [-0.25, -0.2) is 0 Å². The van der Waals surface area contributed by atoms with Crippen LogP contribution in [0.25, 0.3) is 0 Å². The molecule has 0 spiro atoms. The summed E-state index contributed by atoms with van der Waals surface area (Å²) >= 11 is 0. The Bertz CT molecular complexity index is 439. The Morgan fingerprint density at radius 3 is 2.52 bits per heavy atom. The second-order valence-electron chi connectivity index (χ2n) is 5.79. The summed E-state index contributed by atoms with van der Waals surface area (Å²) in [6.07, 6.45) is 2.46. The maximum Gasteiger partial charge on any atom is 0.312 e. The van der Waals surface area contributed by atoms with E-state index in [0.29, 0.717) is 13.2 Å². The van der Waals surface area contributed by atoms with E-state index >= 15 is 0 Å². The Balaban J connectivity index is 2.11. The standard InChI is InChI=1S/C17H26N2O2/c1-2-21-16(20)17(14-15-6-4-3-5-7-15)8-11-19(12-9-17)13-10-18/h3-7H,2,8-14,18H2,1H3. The van der Waals surface area contributed by atoms with E-state index in [1.165, 1.54) is 5.56 Å². The molecule has 1 aromatic rings. The topological polar surface area (TPSA) is 55.6 Å². The van der Waals surface area contributed by atoms with Gasteiger partial charge in [-0.05, 0) is 44.8 Å². The molecule has 1 aliphatic heterocycles. The molecule has 0 aliphatic carbocycles. The van der Waals surface area contributed by atoms with E-state index in [0.717, 1.165) is 38.9 Å². The van der Waals surface area contributed by atoms with Crippen molar-refractivity contribution in [1.82, 2.24) is 4.90 Å². The molecule has 0 bridgehead atoms. The average molecular weight is 290 g/mol. The van der Waals surface area contributed by atoms with Crippen molar-refractivity contribution in [3.63, 3.8) is 0 Å². The summed E-state index contributed by atoms with van der Waals surface area (Å²) in [6.45, 7) is 5.74. The van der Waals surface area contributed by atoms with Crippen LogP contribution in [-0.4, -0.2) is 43.7 Å². The van der Waals surface area contributed by atoms with Crippen LogP contribution < -0.4 is 5.73 Å². The fourth-order valence-electron chi connectivity index (χ4n) is 3.11. The molecule has 21 heavy (non-hydrogen) atoms. The van der Waals surface area contributed by atoms with Crippen LogP contribution >= 0.6 is 0 Å². The number of likely N-dealkylation sites (tertiary alicyclic amines) is 1. The van der Waals surface area contributed by atoms with Crippen LogP contribution in [0.4, 0.5) is 0 Å². The van der Waals surface area contributed by atoms with Gasteiger partial charge in [-0.2, -0.15) is 0 Å². The molecule has 1 aliphatic rings. The van der Waals surface area contributed by atoms with Crippen molar-refractivity contribution < 1.29 is 9.53 Å². The van der Waals surface area contributed by atoms with Gasteiger partial charge >= 0.3 is 5.97 Å². The molecular weight excluding hydrogens is 264 g/mol. The minimum absolute atomic E-state index is 0.0405. The van der Waals surface area contributed by atoms with Crippen molar-refractivity contribution >= 4 is 5.97 Å². The number of nitrogens with zero attached hydrogens (tertiary/aromatic N) is 1. The van der Waals surface area contributed by atoms with E-state index in [-0.39, 0.29) is 11.4 Å². The Morgan fingerprint density at radius 1 is 1.29 bits per heavy atom. The molecule has 0 aromatic heterocycles. The number of nitrogens with two attached hydrogens (primary N) is 1. The molecule has 0 unspecified atom stereocenters. The summed E-state index contributed by atoms with van der Waals surface area (Å²) in [5, 5.41) is 0. The number of carbonyl (C=O) groups excluding carboxylic acids is 1. The number of rotatable bonds is 6. The lowest BCUT2D eigenvalue weighted by Crippen LogP contribution is -2.47. The normalized spacial score (nSPS) is 18.4. The second-order valence-corrected chi connectivity index (χ2v) is 5.79. The predicted molar refractivity (Wildman–Crippen MR) is 83.9 cm³/mol. The van der Waals surface area contributed by atoms with E-state index in [1.807, 2.05) is 25.1 Å². The largest absolute Gasteiger partial charge is 0.466 e. The highest BCUT2D eigenvalue weighted by molar-refractivity contribution is 5.77. The zero-order valence-electron chi connectivity index (χ0n) is 12.9. The van der Waals surface area contributed by atoms with Crippen LogP contribution in [0.3, 0.4) is 0 Å². The zero-order chi connectivity index (χ0) is 15.1. The number of carbonyl (C=O) groups is 1. The number of ether oxygens (including phenoxy) is 1. The van der Waals surface area contributed by atoms with Gasteiger partial charge in [-0.15, -0.1) is 0 Å². The Kier molecular flexibility index (Phi) is 5.76. The number of benzene rings is 1. The van der Waals surface area contributed by atoms with Gasteiger partial charge in [0, 0.05) is 13.1 Å². The SMILES string of the molecule is CCOC(=O)C1(Cc2ccccc2)CCN(CCN)CC1. The van der Waals surface area contributed by atoms with Crippen molar-refractivity contribution in [1.29, 1.82) is 0 Å². The Labute approximate surface area is 127 Å². The van der Waals surface area contributed by atoms with Crippen molar-refractivity contribution in [2.75, 3.05) is 32.8 Å². The monoisotopic (exact) mass is 290 g/mol. The van der Waals surface area contributed by atoms with Crippen LogP contribution in [0.5, 0.6) is 0 Å². The summed E-state index contributed by atoms with van der Waals surface area (Å²) in [5.41, 5.74) is 6.46. The van der Waals surface area contributed by atoms with Gasteiger partial charge in [0.15, 0.2) is 0 Å². The quantitative estimate of drug-likeness (QED) is 0.812. The lowest BCUT2D eigenvalue weighted by Gasteiger charge is -2.40. The molecule has 0 saturated carbocycles. The molecule has 4 nitrogen and oxygen atoms in total. The number of esters is 1. The predicted octanol–water partition coefficient (Wildman–Crippen LogP) is 1.83. The Hall–Kier alpha value is -1.39. The first-order valence-electron chi connectivity index (χ1n) is 7.84. The summed E-state index contributed by atoms with van der Waals surface area (Å²) in [4.78, 5) is 14.9. The molecule has 1 aromatic carbocycles. The van der Waals surface area contributed by atoms with Crippen molar-refractivity contribution in [3.05, 3.63) is 35.9 Å². The van der Waals surface area contributed by atoms with Gasteiger partial charge in [0.25, 0.3) is 0 Å². The number of piperidine rings is 1. The summed E-state index contributed by atoms with van der Waals surface area (Å²) in [7, 11) is 0. The Morgan fingerprint density at radius 2 is 1.95 bits per heavy atom. The summed E-state index contributed by atoms with van der Waals surface area (Å²) < 4.78 is 5.37. The van der Waals surface area contributed by atoms with Gasteiger partial charge in [0.1, 0.15) is 0 Å². The van der Waals surface area contributed by atoms with Crippen LogP contribution in [-0.2, 0) is 16.0 Å². The molecule has 1 fully saturated rings. The summed E-state index contributed by atoms with van der Waals surface area (Å²) in [5.74, 6) is -0.0405. The van der Waals surface area contributed by atoms with Gasteiger partial charge < -0.3 is 15.4 Å². The first-order chi connectivity index (χ1) is 10.2. The highest BCUT2D eigenvalue weighted by atomic mass is 16.5. The molecule has 116 valence electrons. The van der Waals surface area contributed by atoms with E-state index < -0.39 is 0 Å². The van der Waals surface area contributed by atoms with Crippen molar-refractivity contribution in [2.45, 2.75) is 26.2 Å². The van der Waals surface area contributed by atoms with Gasteiger partial charge in [-0.3, -0.25) is 4.79 Å². The first-order valence-corrected chi connectivity index (χ1v) is 7.84. The third kappa shape index (κ3) is 4.05. The molecule has 2 rings (SSSR count). The minimum Gasteiger partial charge on any atom is -0.466 e. The molecule has 0 atom stereocenters. The van der Waals surface area contributed by atoms with Crippen LogP contribution in [0.1, 0.15) is 25.3 Å². The van der Waals surface area contributed by atoms with Crippen LogP contribution in [0, 0.1) is 5.41 Å². The van der Waals surface area contributed by atoms with Crippen molar-refractivity contribution in [2.24, 2.45) is 11.1 Å². The molecule has 1 saturated heterocycles. The zero-order valence-corrected chi connectivity index (χ0v) is 12.9. The molecule has 1 heterocycles. The summed E-state index contributed by atoms with van der Waals surface area (Å²) in [6, 6.07) is 10.2. The smallest absolute Gasteiger partial charge is 0.312 e. The van der Waals surface area contributed by atoms with E-state index in [9.17, 15) is 4.79 Å². The molecular formula is C17H26N2O2. The van der Waals surface area contributed by atoms with E-state index in [1.54, 1.807) is 0 Å². The van der Waals surface area contributed by atoms with Gasteiger partial charge in [0.2, 0.25) is 0 Å². The minimum atomic E-state index is -0.373. The van der Waals surface area contributed by atoms with E-state index in [4.69, 9.17) is 10.5 Å². The molecule has 0 amide bonds. The fourth-order valence-corrected chi connectivity index (χ4v) is 3.11. The highest BCUT2D eigenvalue weighted by Gasteiger charge is 2.42. The highest BCUT2D eigenvalue weighted by Crippen LogP contribution is 2.36. The lowest BCUT2D eigenvalue weighted by molar-refractivity contribution is -0.158. The second kappa shape index (κ2) is 7.57. The molecule has 0 radical (unpaired) electrons. The number of hydrogen-bond acceptors (Lipinski definition) is 4. The number of hydrogen-bond donors (Lipinski definition) is 1. The lowest BCUT2D eigenvalue weighted by atomic mass is 9.73. The maximum absolute atomic E-state index is 12.5. The first kappa shape index (κ1) is 16.0. The third-order valence-electron chi connectivity index (χ3n) is 4.35. The third-order valence-corrected chi connectivity index (χ3v) is 4.35. The maximum atomic E-state index is 12.5. The average Bonchev–Trinajstić information content (AvgIpc) is 2.51. The fraction of sp³-hybridized carbons (Fsp3) is 0.588.